The monoisotopic (exact) mass is 357 g/mol. The summed E-state index contributed by atoms with van der Waals surface area (Å²) in [5.41, 5.74) is 4.37. The highest BCUT2D eigenvalue weighted by molar-refractivity contribution is 7.25. The van der Waals surface area contributed by atoms with Gasteiger partial charge in [0.15, 0.2) is 0 Å². The first-order chi connectivity index (χ1) is 12.0. The Kier molecular flexibility index (Phi) is 4.12. The highest BCUT2D eigenvalue weighted by Crippen LogP contribution is 2.42. The molecule has 5 nitrogen and oxygen atoms in total. The number of rotatable bonds is 4. The van der Waals surface area contributed by atoms with Gasteiger partial charge in [-0.05, 0) is 32.8 Å². The van der Waals surface area contributed by atoms with Crippen LogP contribution < -0.4 is 4.74 Å². The van der Waals surface area contributed by atoms with Crippen LogP contribution in [0.15, 0.2) is 6.33 Å². The molecule has 0 saturated carbocycles. The van der Waals surface area contributed by atoms with Crippen LogP contribution in [0.5, 0.6) is 5.88 Å². The number of thiophene rings is 1. The Morgan fingerprint density at radius 1 is 1.28 bits per heavy atom. The van der Waals surface area contributed by atoms with E-state index in [9.17, 15) is 0 Å². The van der Waals surface area contributed by atoms with E-state index >= 15 is 0 Å². The molecular formula is C19H23N3O2S. The van der Waals surface area contributed by atoms with E-state index in [-0.39, 0.29) is 5.60 Å². The van der Waals surface area contributed by atoms with Crippen molar-refractivity contribution >= 4 is 31.8 Å². The van der Waals surface area contributed by atoms with E-state index in [0.717, 1.165) is 45.4 Å². The minimum absolute atomic E-state index is 0.171. The number of aromatic nitrogens is 3. The smallest absolute Gasteiger partial charge is 0.234 e. The molecule has 25 heavy (non-hydrogen) atoms. The van der Waals surface area contributed by atoms with Gasteiger partial charge in [0.1, 0.15) is 15.9 Å². The van der Waals surface area contributed by atoms with Crippen molar-refractivity contribution in [1.29, 1.82) is 0 Å². The van der Waals surface area contributed by atoms with Gasteiger partial charge >= 0.3 is 0 Å². The quantitative estimate of drug-likeness (QED) is 0.640. The van der Waals surface area contributed by atoms with Crippen LogP contribution in [0.25, 0.3) is 20.4 Å². The average molecular weight is 357 g/mol. The number of pyridine rings is 1. The third kappa shape index (κ3) is 2.87. The lowest BCUT2D eigenvalue weighted by Gasteiger charge is -2.32. The van der Waals surface area contributed by atoms with Crippen LogP contribution in [-0.2, 0) is 17.8 Å². The van der Waals surface area contributed by atoms with Crippen molar-refractivity contribution in [1.82, 2.24) is 15.0 Å². The predicted octanol–water partition coefficient (Wildman–Crippen LogP) is 4.58. The normalized spacial score (nSPS) is 16.3. The minimum atomic E-state index is -0.171. The maximum atomic E-state index is 6.01. The number of fused-ring (bicyclic) bond motifs is 5. The molecule has 132 valence electrons. The molecule has 4 heterocycles. The lowest BCUT2D eigenvalue weighted by atomic mass is 9.89. The van der Waals surface area contributed by atoms with Crippen LogP contribution in [0.4, 0.5) is 0 Å². The second kappa shape index (κ2) is 6.18. The summed E-state index contributed by atoms with van der Waals surface area (Å²) < 4.78 is 12.9. The van der Waals surface area contributed by atoms with Crippen molar-refractivity contribution in [2.24, 2.45) is 0 Å². The second-order valence-electron chi connectivity index (χ2n) is 7.22. The summed E-state index contributed by atoms with van der Waals surface area (Å²) in [6.45, 7) is 9.79. The van der Waals surface area contributed by atoms with Gasteiger partial charge in [-0.25, -0.2) is 15.0 Å². The molecule has 0 saturated heterocycles. The van der Waals surface area contributed by atoms with Crippen LogP contribution in [0.3, 0.4) is 0 Å². The van der Waals surface area contributed by atoms with Crippen molar-refractivity contribution < 1.29 is 9.47 Å². The third-order valence-corrected chi connectivity index (χ3v) is 5.80. The summed E-state index contributed by atoms with van der Waals surface area (Å²) in [7, 11) is 0. The van der Waals surface area contributed by atoms with Crippen LogP contribution in [0, 0.1) is 6.92 Å². The maximum absolute atomic E-state index is 6.01. The zero-order valence-electron chi connectivity index (χ0n) is 15.2. The first-order valence-corrected chi connectivity index (χ1v) is 9.64. The van der Waals surface area contributed by atoms with Gasteiger partial charge in [-0.2, -0.15) is 0 Å². The Bertz CT molecular complexity index is 949. The molecule has 0 bridgehead atoms. The molecule has 0 atom stereocenters. The number of aryl methyl sites for hydroxylation is 1. The van der Waals surface area contributed by atoms with Crippen LogP contribution >= 0.6 is 11.3 Å². The van der Waals surface area contributed by atoms with Gasteiger partial charge in [0.05, 0.1) is 24.3 Å². The molecule has 1 aliphatic rings. The van der Waals surface area contributed by atoms with Crippen molar-refractivity contribution in [2.45, 2.75) is 59.2 Å². The number of hydrogen-bond donors (Lipinski definition) is 0. The standard InChI is InChI=1S/C19H23N3O2S/c1-5-6-7-23-17-16-15(20-10-21-17)14-12-8-19(3,4)24-9-13(12)11(2)22-18(14)25-16/h10H,5-9H2,1-4H3. The molecule has 0 N–H and O–H groups in total. The van der Waals surface area contributed by atoms with Crippen molar-refractivity contribution in [3.05, 3.63) is 23.1 Å². The first-order valence-electron chi connectivity index (χ1n) is 8.82. The molecule has 3 aromatic rings. The minimum Gasteiger partial charge on any atom is -0.477 e. The molecular weight excluding hydrogens is 334 g/mol. The molecule has 0 aliphatic carbocycles. The molecule has 3 aromatic heterocycles. The van der Waals surface area contributed by atoms with E-state index in [1.54, 1.807) is 17.7 Å². The Hall–Kier alpha value is -1.79. The summed E-state index contributed by atoms with van der Waals surface area (Å²) in [5.74, 6) is 0.680. The molecule has 0 fully saturated rings. The van der Waals surface area contributed by atoms with Crippen LogP contribution in [-0.4, -0.2) is 27.2 Å². The molecule has 0 spiro atoms. The topological polar surface area (TPSA) is 57.1 Å². The molecule has 4 rings (SSSR count). The van der Waals surface area contributed by atoms with Gasteiger partial charge < -0.3 is 9.47 Å². The summed E-state index contributed by atoms with van der Waals surface area (Å²) in [5, 5.41) is 1.15. The van der Waals surface area contributed by atoms with Gasteiger partial charge in [0.2, 0.25) is 5.88 Å². The first kappa shape index (κ1) is 16.7. The fraction of sp³-hybridized carbons (Fsp3) is 0.526. The zero-order chi connectivity index (χ0) is 17.6. The lowest BCUT2D eigenvalue weighted by molar-refractivity contribution is -0.0400. The third-order valence-electron chi connectivity index (χ3n) is 4.74. The van der Waals surface area contributed by atoms with Gasteiger partial charge in [-0.3, -0.25) is 0 Å². The summed E-state index contributed by atoms with van der Waals surface area (Å²) in [6.07, 6.45) is 4.59. The number of ether oxygens (including phenoxy) is 2. The van der Waals surface area contributed by atoms with Crippen LogP contribution in [0.2, 0.25) is 0 Å². The lowest BCUT2D eigenvalue weighted by Crippen LogP contribution is -2.32. The van der Waals surface area contributed by atoms with E-state index in [1.165, 1.54) is 11.1 Å². The Morgan fingerprint density at radius 3 is 2.92 bits per heavy atom. The van der Waals surface area contributed by atoms with Crippen LogP contribution in [0.1, 0.15) is 50.4 Å². The highest BCUT2D eigenvalue weighted by atomic mass is 32.1. The fourth-order valence-corrected chi connectivity index (χ4v) is 4.51. The number of hydrogen-bond acceptors (Lipinski definition) is 6. The molecule has 6 heteroatoms. The average Bonchev–Trinajstić information content (AvgIpc) is 2.93. The van der Waals surface area contributed by atoms with Crippen molar-refractivity contribution in [3.63, 3.8) is 0 Å². The summed E-state index contributed by atoms with van der Waals surface area (Å²) in [6, 6.07) is 0. The maximum Gasteiger partial charge on any atom is 0.234 e. The number of nitrogens with zero attached hydrogens (tertiary/aromatic N) is 3. The molecule has 0 amide bonds. The Balaban J connectivity index is 1.93. The van der Waals surface area contributed by atoms with E-state index in [0.29, 0.717) is 19.1 Å². The van der Waals surface area contributed by atoms with E-state index in [4.69, 9.17) is 14.5 Å². The van der Waals surface area contributed by atoms with E-state index in [1.807, 2.05) is 0 Å². The molecule has 0 unspecified atom stereocenters. The Morgan fingerprint density at radius 2 is 2.12 bits per heavy atom. The summed E-state index contributed by atoms with van der Waals surface area (Å²) in [4.78, 5) is 14.8. The predicted molar refractivity (Wildman–Crippen MR) is 100 cm³/mol. The van der Waals surface area contributed by atoms with Gasteiger partial charge in [0, 0.05) is 23.1 Å². The molecule has 0 aromatic carbocycles. The number of unbranched alkanes of at least 4 members (excludes halogenated alkanes) is 1. The zero-order valence-corrected chi connectivity index (χ0v) is 16.0. The SMILES string of the molecule is CCCCOc1ncnc2c1sc1nc(C)c3c(c12)CC(C)(C)OC3. The van der Waals surface area contributed by atoms with Gasteiger partial charge in [0.25, 0.3) is 0 Å². The van der Waals surface area contributed by atoms with E-state index < -0.39 is 0 Å². The molecule has 1 aliphatic heterocycles. The summed E-state index contributed by atoms with van der Waals surface area (Å²) >= 11 is 1.63. The van der Waals surface area contributed by atoms with E-state index in [2.05, 4.69) is 37.7 Å². The second-order valence-corrected chi connectivity index (χ2v) is 8.22. The van der Waals surface area contributed by atoms with Crippen molar-refractivity contribution in [2.75, 3.05) is 6.61 Å². The van der Waals surface area contributed by atoms with Gasteiger partial charge in [-0.1, -0.05) is 13.3 Å². The highest BCUT2D eigenvalue weighted by Gasteiger charge is 2.31. The fourth-order valence-electron chi connectivity index (χ4n) is 3.36. The van der Waals surface area contributed by atoms with Crippen molar-refractivity contribution in [3.8, 4) is 5.88 Å². The Labute approximate surface area is 151 Å². The molecule has 0 radical (unpaired) electrons. The van der Waals surface area contributed by atoms with Gasteiger partial charge in [-0.15, -0.1) is 11.3 Å². The largest absolute Gasteiger partial charge is 0.477 e.